The van der Waals surface area contributed by atoms with Gasteiger partial charge in [-0.2, -0.15) is 0 Å². The Morgan fingerprint density at radius 2 is 1.86 bits per heavy atom. The first-order valence-electron chi connectivity index (χ1n) is 8.90. The summed E-state index contributed by atoms with van der Waals surface area (Å²) in [7, 11) is 0. The molecule has 6 nitrogen and oxygen atoms in total. The molecule has 1 N–H and O–H groups in total. The van der Waals surface area contributed by atoms with E-state index in [1.54, 1.807) is 17.0 Å². The number of nitrogens with one attached hydrogen (secondary N) is 1. The maximum atomic E-state index is 12.8. The van der Waals surface area contributed by atoms with Crippen LogP contribution >= 0.6 is 11.3 Å². The molecule has 2 aromatic carbocycles. The van der Waals surface area contributed by atoms with Gasteiger partial charge in [0.05, 0.1) is 17.9 Å². The third-order valence-electron chi connectivity index (χ3n) is 4.52. The molecule has 0 radical (unpaired) electrons. The number of para-hydroxylation sites is 2. The van der Waals surface area contributed by atoms with Crippen molar-refractivity contribution in [3.05, 3.63) is 59.5 Å². The molecule has 142 valence electrons. The molecule has 1 aliphatic rings. The van der Waals surface area contributed by atoms with E-state index in [1.165, 1.54) is 18.3 Å². The smallest absolute Gasteiger partial charge is 0.269 e. The average molecular weight is 393 g/mol. The van der Waals surface area contributed by atoms with Crippen molar-refractivity contribution in [1.29, 1.82) is 0 Å². The van der Waals surface area contributed by atoms with Crippen LogP contribution in [-0.4, -0.2) is 29.4 Å². The van der Waals surface area contributed by atoms with Crippen LogP contribution in [0.4, 0.5) is 10.8 Å². The topological polar surface area (TPSA) is 71.5 Å². The fourth-order valence-corrected chi connectivity index (χ4v) is 4.01. The zero-order chi connectivity index (χ0) is 19.7. The number of carbonyl (C=O) groups is 2. The van der Waals surface area contributed by atoms with E-state index in [4.69, 9.17) is 4.74 Å². The minimum atomic E-state index is -0.803. The van der Waals surface area contributed by atoms with Gasteiger partial charge in [-0.25, -0.2) is 4.98 Å². The average Bonchev–Trinajstić information content (AvgIpc) is 3.07. The van der Waals surface area contributed by atoms with E-state index in [0.29, 0.717) is 16.6 Å². The molecule has 2 amide bonds. The van der Waals surface area contributed by atoms with Crippen molar-refractivity contribution in [3.8, 4) is 17.0 Å². The lowest BCUT2D eigenvalue weighted by atomic mass is 10.1. The van der Waals surface area contributed by atoms with Crippen molar-refractivity contribution < 1.29 is 14.3 Å². The normalized spacial score (nSPS) is 15.5. The lowest BCUT2D eigenvalue weighted by Gasteiger charge is -2.33. The summed E-state index contributed by atoms with van der Waals surface area (Å²) < 4.78 is 5.84. The number of anilines is 2. The van der Waals surface area contributed by atoms with Crippen molar-refractivity contribution in [2.45, 2.75) is 20.0 Å². The molecule has 28 heavy (non-hydrogen) atoms. The van der Waals surface area contributed by atoms with E-state index < -0.39 is 6.10 Å². The lowest BCUT2D eigenvalue weighted by Crippen LogP contribution is -2.48. The second kappa shape index (κ2) is 7.44. The first kappa shape index (κ1) is 18.2. The van der Waals surface area contributed by atoms with Crippen LogP contribution < -0.4 is 15.0 Å². The van der Waals surface area contributed by atoms with Crippen LogP contribution in [0.25, 0.3) is 11.3 Å². The molecule has 4 rings (SSSR count). The van der Waals surface area contributed by atoms with Gasteiger partial charge in [-0.05, 0) is 19.1 Å². The van der Waals surface area contributed by atoms with Crippen LogP contribution in [0.15, 0.2) is 54.6 Å². The molecule has 0 fully saturated rings. The Kier molecular flexibility index (Phi) is 4.83. The van der Waals surface area contributed by atoms with Gasteiger partial charge in [0.1, 0.15) is 5.75 Å². The minimum Gasteiger partial charge on any atom is -0.476 e. The van der Waals surface area contributed by atoms with Gasteiger partial charge >= 0.3 is 0 Å². The predicted octanol–water partition coefficient (Wildman–Crippen LogP) is 3.87. The number of hydrogen-bond acceptors (Lipinski definition) is 5. The number of ether oxygens (including phenoxy) is 1. The fourth-order valence-electron chi connectivity index (χ4n) is 3.17. The highest BCUT2D eigenvalue weighted by molar-refractivity contribution is 7.16. The fraction of sp³-hybridized carbons (Fsp3) is 0.190. The van der Waals surface area contributed by atoms with E-state index >= 15 is 0 Å². The summed E-state index contributed by atoms with van der Waals surface area (Å²) >= 11 is 1.42. The van der Waals surface area contributed by atoms with Gasteiger partial charge in [0.2, 0.25) is 5.91 Å². The molecule has 1 aromatic heterocycles. The molecule has 0 spiro atoms. The van der Waals surface area contributed by atoms with Crippen LogP contribution in [0.1, 0.15) is 11.8 Å². The van der Waals surface area contributed by atoms with Crippen molar-refractivity contribution in [2.75, 3.05) is 16.8 Å². The van der Waals surface area contributed by atoms with Gasteiger partial charge in [-0.3, -0.25) is 14.9 Å². The molecule has 0 unspecified atom stereocenters. The standard InChI is InChI=1S/C21H19N3O3S/c1-13-19(15-8-4-3-5-9-15)22-21(28-13)23-20(26)18-12-24(14(2)25)16-10-6-7-11-17(16)27-18/h3-11,18H,12H2,1-2H3,(H,22,23,26)/t18-/m1/s1. The number of aromatic nitrogens is 1. The summed E-state index contributed by atoms with van der Waals surface area (Å²) in [5, 5.41) is 3.35. The van der Waals surface area contributed by atoms with Crippen molar-refractivity contribution in [3.63, 3.8) is 0 Å². The van der Waals surface area contributed by atoms with Crippen molar-refractivity contribution in [2.24, 2.45) is 0 Å². The predicted molar refractivity (Wildman–Crippen MR) is 110 cm³/mol. The molecular formula is C21H19N3O3S. The van der Waals surface area contributed by atoms with E-state index in [-0.39, 0.29) is 18.4 Å². The monoisotopic (exact) mass is 393 g/mol. The second-order valence-corrected chi connectivity index (χ2v) is 7.69. The van der Waals surface area contributed by atoms with Gasteiger partial charge in [0, 0.05) is 17.4 Å². The van der Waals surface area contributed by atoms with Crippen LogP contribution in [0.3, 0.4) is 0 Å². The summed E-state index contributed by atoms with van der Waals surface area (Å²) in [6.07, 6.45) is -0.803. The maximum Gasteiger partial charge on any atom is 0.269 e. The van der Waals surface area contributed by atoms with E-state index in [0.717, 1.165) is 16.1 Å². The van der Waals surface area contributed by atoms with Gasteiger partial charge in [-0.15, -0.1) is 11.3 Å². The molecular weight excluding hydrogens is 374 g/mol. The zero-order valence-corrected chi connectivity index (χ0v) is 16.3. The Labute approximate surface area is 166 Å². The van der Waals surface area contributed by atoms with Crippen LogP contribution in [0.5, 0.6) is 5.75 Å². The Hall–Kier alpha value is -3.19. The van der Waals surface area contributed by atoms with Crippen molar-refractivity contribution in [1.82, 2.24) is 4.98 Å². The first-order valence-corrected chi connectivity index (χ1v) is 9.72. The first-order chi connectivity index (χ1) is 13.5. The molecule has 7 heteroatoms. The minimum absolute atomic E-state index is 0.134. The largest absolute Gasteiger partial charge is 0.476 e. The summed E-state index contributed by atoms with van der Waals surface area (Å²) in [5.74, 6) is 0.0588. The molecule has 0 aliphatic carbocycles. The van der Waals surface area contributed by atoms with Crippen LogP contribution in [-0.2, 0) is 9.59 Å². The number of aryl methyl sites for hydroxylation is 1. The number of fused-ring (bicyclic) bond motifs is 1. The number of amides is 2. The molecule has 3 aromatic rings. The highest BCUT2D eigenvalue weighted by atomic mass is 32.1. The van der Waals surface area contributed by atoms with Gasteiger partial charge < -0.3 is 9.64 Å². The number of thiazole rings is 1. The van der Waals surface area contributed by atoms with Gasteiger partial charge in [-0.1, -0.05) is 42.5 Å². The highest BCUT2D eigenvalue weighted by Gasteiger charge is 2.33. The molecule has 0 saturated carbocycles. The summed E-state index contributed by atoms with van der Waals surface area (Å²) in [4.78, 5) is 32.0. The number of nitrogens with zero attached hydrogens (tertiary/aromatic N) is 2. The van der Waals surface area contributed by atoms with Crippen LogP contribution in [0, 0.1) is 6.92 Å². The number of benzene rings is 2. The Morgan fingerprint density at radius 1 is 1.14 bits per heavy atom. The number of carbonyl (C=O) groups excluding carboxylic acids is 2. The SMILES string of the molecule is CC(=O)N1C[C@H](C(=O)Nc2nc(-c3ccccc3)c(C)s2)Oc2ccccc21. The maximum absolute atomic E-state index is 12.8. The van der Waals surface area contributed by atoms with E-state index in [1.807, 2.05) is 49.4 Å². The lowest BCUT2D eigenvalue weighted by molar-refractivity contribution is -0.123. The quantitative estimate of drug-likeness (QED) is 0.733. The molecule has 2 heterocycles. The Balaban J connectivity index is 1.54. The number of rotatable bonds is 3. The highest BCUT2D eigenvalue weighted by Crippen LogP contribution is 2.34. The van der Waals surface area contributed by atoms with Gasteiger partial charge in [0.25, 0.3) is 5.91 Å². The van der Waals surface area contributed by atoms with Crippen LogP contribution in [0.2, 0.25) is 0 Å². The third kappa shape index (κ3) is 3.48. The molecule has 0 saturated heterocycles. The Morgan fingerprint density at radius 3 is 2.61 bits per heavy atom. The second-order valence-electron chi connectivity index (χ2n) is 6.48. The summed E-state index contributed by atoms with van der Waals surface area (Å²) in [6.45, 7) is 3.61. The third-order valence-corrected chi connectivity index (χ3v) is 5.41. The van der Waals surface area contributed by atoms with E-state index in [9.17, 15) is 9.59 Å². The molecule has 1 aliphatic heterocycles. The number of hydrogen-bond donors (Lipinski definition) is 1. The van der Waals surface area contributed by atoms with Gasteiger partial charge in [0.15, 0.2) is 11.2 Å². The van der Waals surface area contributed by atoms with E-state index in [2.05, 4.69) is 10.3 Å². The molecule has 1 atom stereocenters. The molecule has 0 bridgehead atoms. The zero-order valence-electron chi connectivity index (χ0n) is 15.5. The summed E-state index contributed by atoms with van der Waals surface area (Å²) in [6, 6.07) is 17.0. The summed E-state index contributed by atoms with van der Waals surface area (Å²) in [5.41, 5.74) is 2.53. The Bertz CT molecular complexity index is 1030. The van der Waals surface area contributed by atoms with Crippen molar-refractivity contribution >= 4 is 34.0 Å².